The molecule has 2 aromatic carbocycles. The van der Waals surface area contributed by atoms with E-state index in [1.165, 1.54) is 0 Å². The summed E-state index contributed by atoms with van der Waals surface area (Å²) in [5, 5.41) is 4.31. The SMILES string of the molecule is COc1cc(N2CCN(C(=O)OC(C)(C)C)CC2)ccc1Nc1nc(Cc2c(Cl)cccc2Cl)n2cc(CN3CCOCC3)nc2c1C(N)=O. The zero-order chi connectivity index (χ0) is 35.6. The van der Waals surface area contributed by atoms with E-state index in [9.17, 15) is 9.59 Å². The summed E-state index contributed by atoms with van der Waals surface area (Å²) in [7, 11) is 1.58. The summed E-state index contributed by atoms with van der Waals surface area (Å²) in [5.41, 5.74) is 8.92. The number of anilines is 3. The van der Waals surface area contributed by atoms with E-state index in [0.29, 0.717) is 84.5 Å². The van der Waals surface area contributed by atoms with Crippen LogP contribution in [0, 0.1) is 0 Å². The fraction of sp³-hybridized carbons (Fsp3) is 0.429. The molecule has 3 N–H and O–H groups in total. The number of carbonyl (C=O) groups is 2. The molecule has 2 aromatic heterocycles. The highest BCUT2D eigenvalue weighted by Gasteiger charge is 2.27. The van der Waals surface area contributed by atoms with E-state index in [-0.39, 0.29) is 23.9 Å². The first-order valence-electron chi connectivity index (χ1n) is 16.5. The Morgan fingerprint density at radius 3 is 2.34 bits per heavy atom. The number of halogens is 2. The van der Waals surface area contributed by atoms with E-state index in [1.807, 2.05) is 45.2 Å². The van der Waals surface area contributed by atoms with Crippen LogP contribution in [0.4, 0.5) is 22.0 Å². The summed E-state index contributed by atoms with van der Waals surface area (Å²) >= 11 is 13.2. The first-order valence-corrected chi connectivity index (χ1v) is 17.3. The zero-order valence-electron chi connectivity index (χ0n) is 28.7. The quantitative estimate of drug-likeness (QED) is 0.232. The number of hydrogen-bond donors (Lipinski definition) is 2. The first-order chi connectivity index (χ1) is 23.9. The van der Waals surface area contributed by atoms with Gasteiger partial charge in [-0.25, -0.2) is 14.8 Å². The van der Waals surface area contributed by atoms with E-state index in [2.05, 4.69) is 15.1 Å². The van der Waals surface area contributed by atoms with Crippen LogP contribution in [0.2, 0.25) is 10.0 Å². The van der Waals surface area contributed by atoms with Crippen molar-refractivity contribution in [1.29, 1.82) is 0 Å². The van der Waals surface area contributed by atoms with Crippen molar-refractivity contribution in [2.24, 2.45) is 5.73 Å². The van der Waals surface area contributed by atoms with Gasteiger partial charge in [0.25, 0.3) is 5.91 Å². The van der Waals surface area contributed by atoms with Crippen molar-refractivity contribution in [3.8, 4) is 5.75 Å². The van der Waals surface area contributed by atoms with Gasteiger partial charge in [0.05, 0.1) is 31.7 Å². The molecule has 0 spiro atoms. The number of methoxy groups -OCH3 is 1. The van der Waals surface area contributed by atoms with Gasteiger partial charge >= 0.3 is 6.09 Å². The van der Waals surface area contributed by atoms with Crippen LogP contribution in [0.3, 0.4) is 0 Å². The number of nitrogens with one attached hydrogen (secondary N) is 1. The molecule has 0 radical (unpaired) electrons. The fourth-order valence-corrected chi connectivity index (χ4v) is 6.62. The van der Waals surface area contributed by atoms with Gasteiger partial charge in [0, 0.05) is 80.2 Å². The van der Waals surface area contributed by atoms with Crippen molar-refractivity contribution in [1.82, 2.24) is 24.2 Å². The second kappa shape index (κ2) is 14.9. The van der Waals surface area contributed by atoms with Gasteiger partial charge in [-0.15, -0.1) is 0 Å². The number of aromatic nitrogens is 3. The van der Waals surface area contributed by atoms with E-state index >= 15 is 0 Å². The number of hydrogen-bond acceptors (Lipinski definition) is 10. The number of ether oxygens (including phenoxy) is 3. The molecule has 4 aromatic rings. The highest BCUT2D eigenvalue weighted by molar-refractivity contribution is 6.36. The molecule has 2 aliphatic heterocycles. The number of carbonyl (C=O) groups excluding carboxylic acids is 2. The average molecular weight is 726 g/mol. The summed E-state index contributed by atoms with van der Waals surface area (Å²) < 4.78 is 18.7. The van der Waals surface area contributed by atoms with Crippen LogP contribution in [0.25, 0.3) is 5.65 Å². The molecule has 13 nitrogen and oxygen atoms in total. The van der Waals surface area contributed by atoms with Crippen molar-refractivity contribution in [3.05, 3.63) is 75.3 Å². The Morgan fingerprint density at radius 2 is 1.70 bits per heavy atom. The maximum absolute atomic E-state index is 13.1. The molecule has 2 fully saturated rings. The normalized spacial score (nSPS) is 15.7. The van der Waals surface area contributed by atoms with Gasteiger partial charge in [-0.1, -0.05) is 29.3 Å². The van der Waals surface area contributed by atoms with Crippen LogP contribution >= 0.6 is 23.2 Å². The van der Waals surface area contributed by atoms with Gasteiger partial charge in [0.2, 0.25) is 0 Å². The molecule has 266 valence electrons. The monoisotopic (exact) mass is 724 g/mol. The Kier molecular flexibility index (Phi) is 10.6. The predicted molar refractivity (Wildman–Crippen MR) is 193 cm³/mol. The van der Waals surface area contributed by atoms with E-state index in [4.69, 9.17) is 53.1 Å². The molecule has 50 heavy (non-hydrogen) atoms. The van der Waals surface area contributed by atoms with Crippen molar-refractivity contribution in [3.63, 3.8) is 0 Å². The maximum atomic E-state index is 13.1. The predicted octanol–water partition coefficient (Wildman–Crippen LogP) is 5.37. The minimum Gasteiger partial charge on any atom is -0.494 e. The number of rotatable bonds is 9. The summed E-state index contributed by atoms with van der Waals surface area (Å²) in [4.78, 5) is 41.7. The van der Waals surface area contributed by atoms with Crippen LogP contribution in [-0.2, 0) is 22.4 Å². The molecule has 0 aliphatic carbocycles. The Bertz CT molecular complexity index is 1860. The molecule has 15 heteroatoms. The van der Waals surface area contributed by atoms with Gasteiger partial charge in [-0.05, 0) is 50.6 Å². The Morgan fingerprint density at radius 1 is 1.00 bits per heavy atom. The maximum Gasteiger partial charge on any atom is 0.410 e. The average Bonchev–Trinajstić information content (AvgIpc) is 3.49. The first kappa shape index (κ1) is 35.5. The molecular weight excluding hydrogens is 683 g/mol. The van der Waals surface area contributed by atoms with Gasteiger partial charge in [-0.3, -0.25) is 14.1 Å². The molecule has 0 atom stereocenters. The Labute approximate surface area is 301 Å². The molecule has 0 saturated carbocycles. The standard InChI is InChI=1S/C35H42Cl2N8O5/c1-35(2,3)50-34(47)44-12-10-43(11-13-44)23-8-9-27(28(18-23)48-4)40-32-30(31(38)46)33-39-22(20-42-14-16-49-17-15-42)21-45(33)29(41-32)19-24-25(36)6-5-7-26(24)37/h5-9,18,21,40H,10-17,19-20H2,1-4H3,(H2,38,46). The molecule has 2 saturated heterocycles. The summed E-state index contributed by atoms with van der Waals surface area (Å²) in [6.45, 7) is 11.3. The van der Waals surface area contributed by atoms with Gasteiger partial charge in [0.1, 0.15) is 28.6 Å². The topological polar surface area (TPSA) is 140 Å². The summed E-state index contributed by atoms with van der Waals surface area (Å²) in [5.74, 6) is 0.626. The number of piperazine rings is 1. The van der Waals surface area contributed by atoms with Crippen LogP contribution in [0.5, 0.6) is 5.75 Å². The van der Waals surface area contributed by atoms with Crippen LogP contribution in [0.1, 0.15) is 48.2 Å². The minimum absolute atomic E-state index is 0.136. The minimum atomic E-state index is -0.686. The largest absolute Gasteiger partial charge is 0.494 e. The van der Waals surface area contributed by atoms with Crippen LogP contribution < -0.4 is 20.7 Å². The third-order valence-electron chi connectivity index (χ3n) is 8.60. The number of primary amides is 1. The highest BCUT2D eigenvalue weighted by Crippen LogP contribution is 2.35. The van der Waals surface area contributed by atoms with Gasteiger partial charge in [0.15, 0.2) is 5.65 Å². The molecule has 4 heterocycles. The molecule has 2 amide bonds. The molecular formula is C35H42Cl2N8O5. The Balaban J connectivity index is 1.32. The van der Waals surface area contributed by atoms with Crippen LogP contribution in [-0.4, -0.2) is 101 Å². The van der Waals surface area contributed by atoms with E-state index in [0.717, 1.165) is 24.5 Å². The summed E-state index contributed by atoms with van der Waals surface area (Å²) in [6, 6.07) is 11.1. The third kappa shape index (κ3) is 8.02. The summed E-state index contributed by atoms with van der Waals surface area (Å²) in [6.07, 6.45) is 1.83. The number of fused-ring (bicyclic) bond motifs is 1. The van der Waals surface area contributed by atoms with E-state index in [1.54, 1.807) is 34.6 Å². The number of nitrogens with two attached hydrogens (primary N) is 1. The molecule has 6 rings (SSSR count). The molecule has 0 unspecified atom stereocenters. The lowest BCUT2D eigenvalue weighted by atomic mass is 10.1. The third-order valence-corrected chi connectivity index (χ3v) is 9.31. The van der Waals surface area contributed by atoms with Crippen molar-refractivity contribution < 1.29 is 23.8 Å². The zero-order valence-corrected chi connectivity index (χ0v) is 30.2. The number of imidazole rings is 1. The van der Waals surface area contributed by atoms with Crippen LogP contribution in [0.15, 0.2) is 42.6 Å². The smallest absolute Gasteiger partial charge is 0.410 e. The second-order valence-electron chi connectivity index (χ2n) is 13.3. The van der Waals surface area contributed by atoms with Crippen molar-refractivity contribution >= 4 is 58.0 Å². The number of benzene rings is 2. The fourth-order valence-electron chi connectivity index (χ4n) is 6.09. The number of morpholine rings is 1. The lowest BCUT2D eigenvalue weighted by Gasteiger charge is -2.37. The second-order valence-corrected chi connectivity index (χ2v) is 14.1. The van der Waals surface area contributed by atoms with Gasteiger partial charge in [-0.2, -0.15) is 0 Å². The molecule has 2 aliphatic rings. The van der Waals surface area contributed by atoms with Crippen molar-refractivity contribution in [2.45, 2.75) is 39.3 Å². The highest BCUT2D eigenvalue weighted by atomic mass is 35.5. The number of nitrogens with zero attached hydrogens (tertiary/aromatic N) is 6. The van der Waals surface area contributed by atoms with Gasteiger partial charge < -0.3 is 35.1 Å². The lowest BCUT2D eigenvalue weighted by Crippen LogP contribution is -2.50. The number of amides is 2. The lowest BCUT2D eigenvalue weighted by molar-refractivity contribution is 0.0240. The Hall–Kier alpha value is -4.30. The molecule has 0 bridgehead atoms. The van der Waals surface area contributed by atoms with Crippen molar-refractivity contribution in [2.75, 3.05) is 69.8 Å². The van der Waals surface area contributed by atoms with E-state index < -0.39 is 11.5 Å².